The molecule has 0 saturated carbocycles. The Morgan fingerprint density at radius 3 is 2.04 bits per heavy atom. The first-order valence-electron chi connectivity index (χ1n) is 7.16. The molecule has 3 rings (SSSR count). The Hall–Kier alpha value is -2.22. The van der Waals surface area contributed by atoms with Crippen molar-refractivity contribution in [1.82, 2.24) is 15.0 Å². The largest absolute Gasteiger partial charge is 1.00 e. The van der Waals surface area contributed by atoms with Gasteiger partial charge in [-0.1, -0.05) is 29.5 Å². The van der Waals surface area contributed by atoms with E-state index < -0.39 is 0 Å². The SMILES string of the molecule is COc1cc(-n2nncc2-c2ccc([O-])cc2)cc(OC)c1OC.[Na+]. The zero-order valence-electron chi connectivity index (χ0n) is 14.5. The van der Waals surface area contributed by atoms with Crippen molar-refractivity contribution >= 4 is 0 Å². The van der Waals surface area contributed by atoms with E-state index in [2.05, 4.69) is 10.3 Å². The molecule has 0 unspecified atom stereocenters. The third kappa shape index (κ3) is 3.73. The molecule has 0 radical (unpaired) electrons. The summed E-state index contributed by atoms with van der Waals surface area (Å²) in [4.78, 5) is 0. The molecular formula is C17H16N3NaO4. The van der Waals surface area contributed by atoms with E-state index in [1.807, 2.05) is 0 Å². The number of nitrogens with zero attached hydrogens (tertiary/aromatic N) is 3. The maximum absolute atomic E-state index is 11.3. The summed E-state index contributed by atoms with van der Waals surface area (Å²) in [6.07, 6.45) is 1.63. The van der Waals surface area contributed by atoms with Crippen molar-refractivity contribution in [3.05, 3.63) is 42.6 Å². The molecule has 124 valence electrons. The van der Waals surface area contributed by atoms with E-state index in [9.17, 15) is 5.11 Å². The predicted octanol–water partition coefficient (Wildman–Crippen LogP) is -0.962. The summed E-state index contributed by atoms with van der Waals surface area (Å²) < 4.78 is 17.7. The van der Waals surface area contributed by atoms with Crippen LogP contribution in [0.2, 0.25) is 0 Å². The van der Waals surface area contributed by atoms with Gasteiger partial charge in [-0.3, -0.25) is 0 Å². The van der Waals surface area contributed by atoms with Crippen molar-refractivity contribution in [3.8, 4) is 39.9 Å². The number of rotatable bonds is 5. The normalized spacial score (nSPS) is 10.0. The third-order valence-corrected chi connectivity index (χ3v) is 3.59. The standard InChI is InChI=1S/C17H17N3O4.Na/c1-22-15-8-12(9-16(23-2)17(15)24-3)20-14(10-18-19-20)11-4-6-13(21)7-5-11;/h4-10,21H,1-3H3;/q;+1/p-1. The minimum absolute atomic E-state index is 0. The van der Waals surface area contributed by atoms with Crippen LogP contribution in [-0.2, 0) is 0 Å². The van der Waals surface area contributed by atoms with Gasteiger partial charge < -0.3 is 19.3 Å². The predicted molar refractivity (Wildman–Crippen MR) is 85.9 cm³/mol. The van der Waals surface area contributed by atoms with Crippen LogP contribution >= 0.6 is 0 Å². The Labute approximate surface area is 167 Å². The third-order valence-electron chi connectivity index (χ3n) is 3.59. The molecule has 0 aliphatic heterocycles. The molecule has 3 aromatic rings. The first-order chi connectivity index (χ1) is 11.7. The van der Waals surface area contributed by atoms with Crippen LogP contribution in [0, 0.1) is 0 Å². The van der Waals surface area contributed by atoms with Gasteiger partial charge in [-0.2, -0.15) is 0 Å². The van der Waals surface area contributed by atoms with E-state index in [-0.39, 0.29) is 35.3 Å². The number of hydrogen-bond donors (Lipinski definition) is 0. The number of methoxy groups -OCH3 is 3. The summed E-state index contributed by atoms with van der Waals surface area (Å²) in [6.45, 7) is 0. The summed E-state index contributed by atoms with van der Waals surface area (Å²) in [5.74, 6) is 1.48. The van der Waals surface area contributed by atoms with Crippen LogP contribution in [0.15, 0.2) is 42.6 Å². The molecule has 1 heterocycles. The second kappa shape index (κ2) is 8.24. The minimum atomic E-state index is -0.0504. The van der Waals surface area contributed by atoms with Crippen molar-refractivity contribution in [1.29, 1.82) is 0 Å². The molecular weight excluding hydrogens is 333 g/mol. The second-order valence-electron chi connectivity index (χ2n) is 4.94. The fraction of sp³-hybridized carbons (Fsp3) is 0.176. The van der Waals surface area contributed by atoms with Gasteiger partial charge in [0.15, 0.2) is 11.5 Å². The Bertz CT molecular complexity index is 824. The van der Waals surface area contributed by atoms with Gasteiger partial charge in [0.05, 0.1) is 38.9 Å². The number of hydrogen-bond acceptors (Lipinski definition) is 6. The molecule has 0 atom stereocenters. The Balaban J connectivity index is 0.00000225. The number of benzene rings is 2. The van der Waals surface area contributed by atoms with Crippen LogP contribution in [0.25, 0.3) is 16.9 Å². The summed E-state index contributed by atoms with van der Waals surface area (Å²) in [5.41, 5.74) is 2.26. The van der Waals surface area contributed by atoms with Crippen LogP contribution in [-0.4, -0.2) is 36.3 Å². The molecule has 0 bridgehead atoms. The molecule has 1 aromatic heterocycles. The number of ether oxygens (including phenoxy) is 3. The molecule has 0 aliphatic carbocycles. The van der Waals surface area contributed by atoms with E-state index in [0.717, 1.165) is 11.3 Å². The van der Waals surface area contributed by atoms with Crippen LogP contribution in [0.1, 0.15) is 0 Å². The zero-order valence-corrected chi connectivity index (χ0v) is 16.5. The summed E-state index contributed by atoms with van der Waals surface area (Å²) in [6, 6.07) is 10.0. The molecule has 0 amide bonds. The monoisotopic (exact) mass is 349 g/mol. The topological polar surface area (TPSA) is 81.5 Å². The first kappa shape index (κ1) is 19.1. The van der Waals surface area contributed by atoms with Gasteiger partial charge >= 0.3 is 29.6 Å². The van der Waals surface area contributed by atoms with E-state index in [4.69, 9.17) is 14.2 Å². The Morgan fingerprint density at radius 1 is 0.920 bits per heavy atom. The fourth-order valence-electron chi connectivity index (χ4n) is 2.44. The van der Waals surface area contributed by atoms with Gasteiger partial charge in [0.1, 0.15) is 0 Å². The van der Waals surface area contributed by atoms with E-state index in [1.165, 1.54) is 12.1 Å². The summed E-state index contributed by atoms with van der Waals surface area (Å²) >= 11 is 0. The quantitative estimate of drug-likeness (QED) is 0.552. The fourth-order valence-corrected chi connectivity index (χ4v) is 2.44. The van der Waals surface area contributed by atoms with E-state index in [1.54, 1.807) is 56.5 Å². The average Bonchev–Trinajstić information content (AvgIpc) is 3.10. The Kier molecular flexibility index (Phi) is 6.30. The molecule has 0 N–H and O–H groups in total. The molecule has 2 aromatic carbocycles. The van der Waals surface area contributed by atoms with Gasteiger partial charge in [-0.15, -0.1) is 10.8 Å². The van der Waals surface area contributed by atoms with E-state index >= 15 is 0 Å². The van der Waals surface area contributed by atoms with Crippen molar-refractivity contribution in [2.45, 2.75) is 0 Å². The van der Waals surface area contributed by atoms with Gasteiger partial charge in [0.25, 0.3) is 0 Å². The average molecular weight is 349 g/mol. The smallest absolute Gasteiger partial charge is 0.872 e. The van der Waals surface area contributed by atoms with Crippen molar-refractivity contribution in [3.63, 3.8) is 0 Å². The van der Waals surface area contributed by atoms with Crippen LogP contribution in [0.4, 0.5) is 0 Å². The van der Waals surface area contributed by atoms with Crippen LogP contribution in [0.5, 0.6) is 23.0 Å². The maximum Gasteiger partial charge on any atom is 1.00 e. The van der Waals surface area contributed by atoms with Crippen molar-refractivity contribution < 1.29 is 48.9 Å². The molecule has 0 saturated heterocycles. The van der Waals surface area contributed by atoms with Crippen LogP contribution in [0.3, 0.4) is 0 Å². The van der Waals surface area contributed by atoms with Gasteiger partial charge in [-0.25, -0.2) is 4.68 Å². The zero-order chi connectivity index (χ0) is 17.1. The molecule has 0 fully saturated rings. The maximum atomic E-state index is 11.3. The van der Waals surface area contributed by atoms with E-state index in [0.29, 0.717) is 22.9 Å². The summed E-state index contributed by atoms with van der Waals surface area (Å²) in [5, 5.41) is 19.4. The molecule has 0 spiro atoms. The van der Waals surface area contributed by atoms with Crippen molar-refractivity contribution in [2.24, 2.45) is 0 Å². The molecule has 0 aliphatic rings. The van der Waals surface area contributed by atoms with Gasteiger partial charge in [0.2, 0.25) is 5.75 Å². The van der Waals surface area contributed by atoms with Crippen molar-refractivity contribution in [2.75, 3.05) is 21.3 Å². The first-order valence-corrected chi connectivity index (χ1v) is 7.16. The molecule has 7 nitrogen and oxygen atoms in total. The molecule has 25 heavy (non-hydrogen) atoms. The molecule has 8 heteroatoms. The Morgan fingerprint density at radius 2 is 1.52 bits per heavy atom. The second-order valence-corrected chi connectivity index (χ2v) is 4.94. The summed E-state index contributed by atoms with van der Waals surface area (Å²) in [7, 11) is 4.65. The van der Waals surface area contributed by atoms with Crippen LogP contribution < -0.4 is 48.9 Å². The van der Waals surface area contributed by atoms with Gasteiger partial charge in [-0.05, 0) is 0 Å². The minimum Gasteiger partial charge on any atom is -0.872 e. The van der Waals surface area contributed by atoms with Gasteiger partial charge in [0, 0.05) is 17.7 Å². The number of aromatic nitrogens is 3.